The zero-order valence-electron chi connectivity index (χ0n) is 11.9. The van der Waals surface area contributed by atoms with Crippen molar-refractivity contribution >= 4 is 27.5 Å². The number of halogens is 4. The topological polar surface area (TPSA) is 63.2 Å². The quantitative estimate of drug-likeness (QED) is 0.886. The number of hydrogen-bond acceptors (Lipinski definition) is 3. The Balaban J connectivity index is 2.09. The van der Waals surface area contributed by atoms with Crippen molar-refractivity contribution in [2.24, 2.45) is 11.8 Å². The molecule has 0 aromatic heterocycles. The largest absolute Gasteiger partial charge is 0.391 e. The van der Waals surface area contributed by atoms with Gasteiger partial charge in [0.15, 0.2) is 0 Å². The highest BCUT2D eigenvalue weighted by molar-refractivity contribution is 7.90. The van der Waals surface area contributed by atoms with Crippen LogP contribution in [0.25, 0.3) is 0 Å². The van der Waals surface area contributed by atoms with Crippen molar-refractivity contribution in [3.8, 4) is 0 Å². The highest BCUT2D eigenvalue weighted by Gasteiger charge is 2.44. The number of benzene rings is 1. The minimum Gasteiger partial charge on any atom is -0.274 e. The Bertz CT molecular complexity index is 691. The molecule has 0 saturated heterocycles. The molecular formula is C14H15ClF3NO3S. The predicted octanol–water partition coefficient (Wildman–Crippen LogP) is 3.51. The predicted molar refractivity (Wildman–Crippen MR) is 78.3 cm³/mol. The first kappa shape index (κ1) is 18.1. The zero-order chi connectivity index (χ0) is 17.3. The molecule has 2 atom stereocenters. The second-order valence-electron chi connectivity index (χ2n) is 5.53. The fraction of sp³-hybridized carbons (Fsp3) is 0.500. The third-order valence-corrected chi connectivity index (χ3v) is 5.43. The molecule has 4 nitrogen and oxygen atoms in total. The Kier molecular flexibility index (Phi) is 5.25. The average Bonchev–Trinajstić information content (AvgIpc) is 2.46. The highest BCUT2D eigenvalue weighted by atomic mass is 35.5. The summed E-state index contributed by atoms with van der Waals surface area (Å²) in [6, 6.07) is 5.29. The molecular weight excluding hydrogens is 355 g/mol. The summed E-state index contributed by atoms with van der Waals surface area (Å²) >= 11 is 5.70. The van der Waals surface area contributed by atoms with Crippen molar-refractivity contribution in [3.63, 3.8) is 0 Å². The standard InChI is InChI=1S/C14H15ClF3NO3S/c15-11-5-2-6-12(8-11)23(21,22)19-13(20)9-3-1-4-10(7-9)14(16,17)18/h2,5-6,8-10H,1,3-4,7H2,(H,19,20). The molecule has 0 spiro atoms. The van der Waals surface area contributed by atoms with Gasteiger partial charge in [0.25, 0.3) is 10.0 Å². The van der Waals surface area contributed by atoms with E-state index in [-0.39, 0.29) is 35.6 Å². The lowest BCUT2D eigenvalue weighted by molar-refractivity contribution is -0.186. The summed E-state index contributed by atoms with van der Waals surface area (Å²) in [5.74, 6) is -3.44. The molecule has 2 unspecified atom stereocenters. The molecule has 1 aliphatic carbocycles. The van der Waals surface area contributed by atoms with Gasteiger partial charge in [0.2, 0.25) is 5.91 Å². The summed E-state index contributed by atoms with van der Waals surface area (Å²) in [7, 11) is -4.15. The molecule has 1 amide bonds. The van der Waals surface area contributed by atoms with Gasteiger partial charge in [-0.1, -0.05) is 24.1 Å². The Morgan fingerprint density at radius 3 is 2.57 bits per heavy atom. The van der Waals surface area contributed by atoms with Gasteiger partial charge in [0, 0.05) is 10.9 Å². The van der Waals surface area contributed by atoms with Crippen LogP contribution in [0.1, 0.15) is 25.7 Å². The van der Waals surface area contributed by atoms with Crippen LogP contribution in [-0.2, 0) is 14.8 Å². The molecule has 128 valence electrons. The second-order valence-corrected chi connectivity index (χ2v) is 7.65. The van der Waals surface area contributed by atoms with Crippen molar-refractivity contribution in [1.29, 1.82) is 0 Å². The molecule has 9 heteroatoms. The van der Waals surface area contributed by atoms with Gasteiger partial charge in [-0.25, -0.2) is 13.1 Å². The molecule has 0 heterocycles. The summed E-state index contributed by atoms with van der Waals surface area (Å²) in [5.41, 5.74) is 0. The lowest BCUT2D eigenvalue weighted by Gasteiger charge is -2.29. The first-order valence-electron chi connectivity index (χ1n) is 6.98. The van der Waals surface area contributed by atoms with E-state index >= 15 is 0 Å². The normalized spacial score (nSPS) is 22.6. The molecule has 0 bridgehead atoms. The maximum Gasteiger partial charge on any atom is 0.391 e. The smallest absolute Gasteiger partial charge is 0.274 e. The summed E-state index contributed by atoms with van der Waals surface area (Å²) in [5, 5.41) is 0.176. The number of sulfonamides is 1. The number of amides is 1. The van der Waals surface area contributed by atoms with Crippen LogP contribution in [0.4, 0.5) is 13.2 Å². The van der Waals surface area contributed by atoms with E-state index in [1.807, 2.05) is 4.72 Å². The number of carbonyl (C=O) groups excluding carboxylic acids is 1. The molecule has 0 radical (unpaired) electrons. The SMILES string of the molecule is O=C(NS(=O)(=O)c1cccc(Cl)c1)C1CCCC(C(F)(F)F)C1. The van der Waals surface area contributed by atoms with Gasteiger partial charge in [-0.3, -0.25) is 4.79 Å². The molecule has 1 aliphatic rings. The maximum atomic E-state index is 12.8. The molecule has 1 aromatic rings. The van der Waals surface area contributed by atoms with Crippen molar-refractivity contribution in [2.45, 2.75) is 36.8 Å². The minimum atomic E-state index is -4.37. The monoisotopic (exact) mass is 369 g/mol. The molecule has 1 saturated carbocycles. The van der Waals surface area contributed by atoms with Crippen LogP contribution in [-0.4, -0.2) is 20.5 Å². The summed E-state index contributed by atoms with van der Waals surface area (Å²) in [6.45, 7) is 0. The molecule has 1 fully saturated rings. The van der Waals surface area contributed by atoms with Gasteiger partial charge in [0.1, 0.15) is 0 Å². The lowest BCUT2D eigenvalue weighted by Crippen LogP contribution is -2.39. The van der Waals surface area contributed by atoms with E-state index in [0.29, 0.717) is 0 Å². The number of carbonyl (C=O) groups is 1. The fourth-order valence-electron chi connectivity index (χ4n) is 2.63. The molecule has 1 aromatic carbocycles. The van der Waals surface area contributed by atoms with Crippen LogP contribution in [0.15, 0.2) is 29.2 Å². The Morgan fingerprint density at radius 1 is 1.26 bits per heavy atom. The van der Waals surface area contributed by atoms with E-state index in [1.54, 1.807) is 0 Å². The van der Waals surface area contributed by atoms with Crippen molar-refractivity contribution in [1.82, 2.24) is 4.72 Å². The van der Waals surface area contributed by atoms with E-state index in [2.05, 4.69) is 0 Å². The highest BCUT2D eigenvalue weighted by Crippen LogP contribution is 2.40. The third-order valence-electron chi connectivity index (χ3n) is 3.85. The Labute approximate surface area is 137 Å². The number of nitrogens with one attached hydrogen (secondary N) is 1. The third kappa shape index (κ3) is 4.60. The Morgan fingerprint density at radius 2 is 1.96 bits per heavy atom. The van der Waals surface area contributed by atoms with Crippen molar-refractivity contribution < 1.29 is 26.4 Å². The van der Waals surface area contributed by atoms with E-state index in [4.69, 9.17) is 11.6 Å². The van der Waals surface area contributed by atoms with E-state index in [1.165, 1.54) is 18.2 Å². The number of rotatable bonds is 3. The molecule has 23 heavy (non-hydrogen) atoms. The van der Waals surface area contributed by atoms with Crippen LogP contribution >= 0.6 is 11.6 Å². The van der Waals surface area contributed by atoms with Crippen LogP contribution in [0.5, 0.6) is 0 Å². The van der Waals surface area contributed by atoms with E-state index < -0.39 is 33.9 Å². The van der Waals surface area contributed by atoms with Gasteiger partial charge in [-0.05, 0) is 37.5 Å². The molecule has 1 N–H and O–H groups in total. The van der Waals surface area contributed by atoms with Crippen LogP contribution in [0, 0.1) is 11.8 Å². The van der Waals surface area contributed by atoms with Crippen LogP contribution < -0.4 is 4.72 Å². The molecule has 0 aliphatic heterocycles. The first-order chi connectivity index (χ1) is 10.6. The van der Waals surface area contributed by atoms with Gasteiger partial charge >= 0.3 is 6.18 Å². The van der Waals surface area contributed by atoms with Crippen molar-refractivity contribution in [2.75, 3.05) is 0 Å². The lowest BCUT2D eigenvalue weighted by atomic mass is 9.81. The number of hydrogen-bond donors (Lipinski definition) is 1. The van der Waals surface area contributed by atoms with E-state index in [9.17, 15) is 26.4 Å². The Hall–Kier alpha value is -1.28. The van der Waals surface area contributed by atoms with Crippen molar-refractivity contribution in [3.05, 3.63) is 29.3 Å². The molecule has 2 rings (SSSR count). The summed E-state index contributed by atoms with van der Waals surface area (Å²) in [4.78, 5) is 11.8. The zero-order valence-corrected chi connectivity index (χ0v) is 13.5. The second kappa shape index (κ2) is 6.68. The van der Waals surface area contributed by atoms with E-state index in [0.717, 1.165) is 6.07 Å². The fourth-order valence-corrected chi connectivity index (χ4v) is 3.98. The van der Waals surface area contributed by atoms with Gasteiger partial charge in [-0.15, -0.1) is 0 Å². The summed E-state index contributed by atoms with van der Waals surface area (Å²) < 4.78 is 64.3. The van der Waals surface area contributed by atoms with Gasteiger partial charge in [0.05, 0.1) is 10.8 Å². The van der Waals surface area contributed by atoms with Gasteiger partial charge < -0.3 is 0 Å². The average molecular weight is 370 g/mol. The number of alkyl halides is 3. The van der Waals surface area contributed by atoms with Crippen LogP contribution in [0.2, 0.25) is 5.02 Å². The van der Waals surface area contributed by atoms with Crippen LogP contribution in [0.3, 0.4) is 0 Å². The summed E-state index contributed by atoms with van der Waals surface area (Å²) in [6.07, 6.45) is -4.32. The maximum absolute atomic E-state index is 12.8. The first-order valence-corrected chi connectivity index (χ1v) is 8.84. The minimum absolute atomic E-state index is 0.0334. The van der Waals surface area contributed by atoms with Gasteiger partial charge in [-0.2, -0.15) is 13.2 Å².